The highest BCUT2D eigenvalue weighted by atomic mass is 32.2. The minimum Gasteiger partial charge on any atom is -0.373 e. The molecule has 3 heteroatoms. The van der Waals surface area contributed by atoms with Crippen LogP contribution in [0.2, 0.25) is 0 Å². The molecule has 0 aliphatic carbocycles. The summed E-state index contributed by atoms with van der Waals surface area (Å²) in [4.78, 5) is 4.44. The summed E-state index contributed by atoms with van der Waals surface area (Å²) in [5, 5.41) is 4.15. The first kappa shape index (κ1) is 11.4. The van der Waals surface area contributed by atoms with Crippen LogP contribution in [-0.4, -0.2) is 17.8 Å². The van der Waals surface area contributed by atoms with Gasteiger partial charge in [-0.25, -0.2) is 4.98 Å². The second-order valence-corrected chi connectivity index (χ2v) is 4.76. The lowest BCUT2D eigenvalue weighted by atomic mass is 10.2. The fourth-order valence-electron chi connectivity index (χ4n) is 1.03. The molecule has 0 spiro atoms. The van der Waals surface area contributed by atoms with Gasteiger partial charge < -0.3 is 5.32 Å². The SMILES string of the molecule is CNc1cccc(SCCC(C)C)n1. The zero-order valence-electron chi connectivity index (χ0n) is 9.08. The Morgan fingerprint density at radius 1 is 1.43 bits per heavy atom. The molecular weight excluding hydrogens is 192 g/mol. The maximum atomic E-state index is 4.44. The van der Waals surface area contributed by atoms with Crippen LogP contribution in [-0.2, 0) is 0 Å². The number of hydrogen-bond acceptors (Lipinski definition) is 3. The van der Waals surface area contributed by atoms with E-state index in [-0.39, 0.29) is 0 Å². The van der Waals surface area contributed by atoms with Crippen LogP contribution in [0.25, 0.3) is 0 Å². The van der Waals surface area contributed by atoms with Crippen LogP contribution in [0.1, 0.15) is 20.3 Å². The second-order valence-electron chi connectivity index (χ2n) is 3.64. The molecule has 1 heterocycles. The summed E-state index contributed by atoms with van der Waals surface area (Å²) >= 11 is 1.83. The first-order valence-corrected chi connectivity index (χ1v) is 5.98. The lowest BCUT2D eigenvalue weighted by Crippen LogP contribution is -1.94. The second kappa shape index (κ2) is 5.91. The van der Waals surface area contributed by atoms with Gasteiger partial charge in [0.2, 0.25) is 0 Å². The van der Waals surface area contributed by atoms with E-state index in [1.807, 2.05) is 30.9 Å². The van der Waals surface area contributed by atoms with Crippen molar-refractivity contribution in [3.8, 4) is 0 Å². The Kier molecular flexibility index (Phi) is 4.80. The topological polar surface area (TPSA) is 24.9 Å². The average molecular weight is 210 g/mol. The van der Waals surface area contributed by atoms with Crippen molar-refractivity contribution in [3.05, 3.63) is 18.2 Å². The monoisotopic (exact) mass is 210 g/mol. The van der Waals surface area contributed by atoms with Crippen molar-refractivity contribution >= 4 is 17.6 Å². The molecule has 1 aromatic heterocycles. The normalized spacial score (nSPS) is 10.6. The average Bonchev–Trinajstić information content (AvgIpc) is 2.18. The van der Waals surface area contributed by atoms with E-state index >= 15 is 0 Å². The predicted molar refractivity (Wildman–Crippen MR) is 64.0 cm³/mol. The minimum atomic E-state index is 0.773. The third-order valence-electron chi connectivity index (χ3n) is 1.92. The van der Waals surface area contributed by atoms with E-state index in [1.54, 1.807) is 0 Å². The van der Waals surface area contributed by atoms with Crippen LogP contribution in [0.4, 0.5) is 5.82 Å². The number of aromatic nitrogens is 1. The molecule has 0 radical (unpaired) electrons. The molecule has 0 atom stereocenters. The van der Waals surface area contributed by atoms with Crippen LogP contribution in [0.15, 0.2) is 23.2 Å². The maximum Gasteiger partial charge on any atom is 0.126 e. The highest BCUT2D eigenvalue weighted by molar-refractivity contribution is 7.99. The molecule has 0 aliphatic rings. The van der Waals surface area contributed by atoms with Gasteiger partial charge in [-0.1, -0.05) is 19.9 Å². The van der Waals surface area contributed by atoms with E-state index in [0.717, 1.165) is 22.5 Å². The maximum absolute atomic E-state index is 4.44. The number of anilines is 1. The molecule has 2 nitrogen and oxygen atoms in total. The van der Waals surface area contributed by atoms with Crippen molar-refractivity contribution in [2.45, 2.75) is 25.3 Å². The van der Waals surface area contributed by atoms with Crippen LogP contribution in [0.3, 0.4) is 0 Å². The number of nitrogens with zero attached hydrogens (tertiary/aromatic N) is 1. The zero-order chi connectivity index (χ0) is 10.4. The number of hydrogen-bond donors (Lipinski definition) is 1. The van der Waals surface area contributed by atoms with E-state index in [2.05, 4.69) is 30.2 Å². The summed E-state index contributed by atoms with van der Waals surface area (Å²) in [6.07, 6.45) is 1.25. The first-order chi connectivity index (χ1) is 6.72. The predicted octanol–water partition coefficient (Wildman–Crippen LogP) is 3.26. The number of thioether (sulfide) groups is 1. The van der Waals surface area contributed by atoms with Crippen LogP contribution < -0.4 is 5.32 Å². The molecule has 0 unspecified atom stereocenters. The molecule has 78 valence electrons. The van der Waals surface area contributed by atoms with Gasteiger partial charge in [0.1, 0.15) is 5.82 Å². The Hall–Kier alpha value is -0.700. The quantitative estimate of drug-likeness (QED) is 0.755. The van der Waals surface area contributed by atoms with Gasteiger partial charge >= 0.3 is 0 Å². The third-order valence-corrected chi connectivity index (χ3v) is 2.89. The van der Waals surface area contributed by atoms with Crippen molar-refractivity contribution in [2.75, 3.05) is 18.1 Å². The van der Waals surface area contributed by atoms with Crippen LogP contribution in [0.5, 0.6) is 0 Å². The van der Waals surface area contributed by atoms with E-state index in [4.69, 9.17) is 0 Å². The largest absolute Gasteiger partial charge is 0.373 e. The fourth-order valence-corrected chi connectivity index (χ4v) is 2.17. The van der Waals surface area contributed by atoms with Crippen molar-refractivity contribution in [3.63, 3.8) is 0 Å². The van der Waals surface area contributed by atoms with Crippen molar-refractivity contribution in [2.24, 2.45) is 5.92 Å². The van der Waals surface area contributed by atoms with E-state index in [0.29, 0.717) is 0 Å². The molecule has 0 amide bonds. The lowest BCUT2D eigenvalue weighted by molar-refractivity contribution is 0.632. The van der Waals surface area contributed by atoms with Crippen molar-refractivity contribution in [1.82, 2.24) is 4.98 Å². The van der Waals surface area contributed by atoms with Gasteiger partial charge in [0.15, 0.2) is 0 Å². The molecule has 0 bridgehead atoms. The summed E-state index contributed by atoms with van der Waals surface area (Å²) in [6, 6.07) is 6.08. The summed E-state index contributed by atoms with van der Waals surface area (Å²) in [7, 11) is 1.89. The molecule has 1 aromatic rings. The van der Waals surface area contributed by atoms with Gasteiger partial charge in [0, 0.05) is 7.05 Å². The van der Waals surface area contributed by atoms with Gasteiger partial charge in [-0.05, 0) is 30.2 Å². The van der Waals surface area contributed by atoms with Crippen molar-refractivity contribution in [1.29, 1.82) is 0 Å². The molecule has 0 aromatic carbocycles. The zero-order valence-corrected chi connectivity index (χ0v) is 9.90. The lowest BCUT2D eigenvalue weighted by Gasteiger charge is -2.05. The van der Waals surface area contributed by atoms with E-state index < -0.39 is 0 Å². The molecule has 1 rings (SSSR count). The molecule has 0 aliphatic heterocycles. The van der Waals surface area contributed by atoms with E-state index in [1.165, 1.54) is 6.42 Å². The van der Waals surface area contributed by atoms with Gasteiger partial charge in [0.05, 0.1) is 5.03 Å². The summed E-state index contributed by atoms with van der Waals surface area (Å²) in [5.41, 5.74) is 0. The van der Waals surface area contributed by atoms with Crippen LogP contribution >= 0.6 is 11.8 Å². The van der Waals surface area contributed by atoms with Gasteiger partial charge in [0.25, 0.3) is 0 Å². The Morgan fingerprint density at radius 2 is 2.21 bits per heavy atom. The van der Waals surface area contributed by atoms with Gasteiger partial charge in [-0.15, -0.1) is 11.8 Å². The summed E-state index contributed by atoms with van der Waals surface area (Å²) < 4.78 is 0. The Balaban J connectivity index is 2.42. The smallest absolute Gasteiger partial charge is 0.126 e. The Morgan fingerprint density at radius 3 is 2.86 bits per heavy atom. The van der Waals surface area contributed by atoms with E-state index in [9.17, 15) is 0 Å². The van der Waals surface area contributed by atoms with Crippen molar-refractivity contribution < 1.29 is 0 Å². The van der Waals surface area contributed by atoms with Crippen LogP contribution in [0, 0.1) is 5.92 Å². The molecule has 1 N–H and O–H groups in total. The highest BCUT2D eigenvalue weighted by Gasteiger charge is 1.98. The fraction of sp³-hybridized carbons (Fsp3) is 0.545. The molecule has 14 heavy (non-hydrogen) atoms. The molecular formula is C11H18N2S. The first-order valence-electron chi connectivity index (χ1n) is 5.00. The third kappa shape index (κ3) is 4.01. The summed E-state index contributed by atoms with van der Waals surface area (Å²) in [5.74, 6) is 2.87. The number of nitrogens with one attached hydrogen (secondary N) is 1. The Bertz CT molecular complexity index is 274. The Labute approximate surface area is 90.5 Å². The molecule has 0 saturated heterocycles. The standard InChI is InChI=1S/C11H18N2S/c1-9(2)7-8-14-11-6-4-5-10(12-3)13-11/h4-6,9H,7-8H2,1-3H3,(H,12,13). The minimum absolute atomic E-state index is 0.773. The highest BCUT2D eigenvalue weighted by Crippen LogP contribution is 2.19. The number of pyridine rings is 1. The molecule has 0 saturated carbocycles. The van der Waals surface area contributed by atoms with Gasteiger partial charge in [-0.2, -0.15) is 0 Å². The molecule has 0 fully saturated rings. The summed E-state index contributed by atoms with van der Waals surface area (Å²) in [6.45, 7) is 4.50. The van der Waals surface area contributed by atoms with Gasteiger partial charge in [-0.3, -0.25) is 0 Å². The number of rotatable bonds is 5.